The van der Waals surface area contributed by atoms with Crippen LogP contribution in [0.5, 0.6) is 0 Å². The molecule has 1 atom stereocenters. The van der Waals surface area contributed by atoms with E-state index >= 15 is 0 Å². The van der Waals surface area contributed by atoms with E-state index in [1.165, 1.54) is 6.07 Å². The van der Waals surface area contributed by atoms with E-state index in [-0.39, 0.29) is 11.7 Å². The molecule has 0 radical (unpaired) electrons. The van der Waals surface area contributed by atoms with E-state index in [1.807, 2.05) is 4.90 Å². The van der Waals surface area contributed by atoms with Gasteiger partial charge in [-0.1, -0.05) is 0 Å². The molecule has 5 heteroatoms. The van der Waals surface area contributed by atoms with Gasteiger partial charge in [-0.15, -0.1) is 0 Å². The van der Waals surface area contributed by atoms with Crippen molar-refractivity contribution < 1.29 is 14.3 Å². The zero-order valence-corrected chi connectivity index (χ0v) is 8.06. The largest absolute Gasteiger partial charge is 0.481 e. The summed E-state index contributed by atoms with van der Waals surface area (Å²) in [4.78, 5) is 16.5. The van der Waals surface area contributed by atoms with Crippen LogP contribution in [0.15, 0.2) is 18.3 Å². The Balaban J connectivity index is 2.07. The smallest absolute Gasteiger partial charge is 0.308 e. The summed E-state index contributed by atoms with van der Waals surface area (Å²) < 4.78 is 12.6. The monoisotopic (exact) mass is 210 g/mol. The third-order valence-corrected chi connectivity index (χ3v) is 2.57. The Morgan fingerprint density at radius 2 is 2.40 bits per heavy atom. The summed E-state index contributed by atoms with van der Waals surface area (Å²) in [6, 6.07) is 2.90. The van der Waals surface area contributed by atoms with Gasteiger partial charge in [0.15, 0.2) is 0 Å². The summed E-state index contributed by atoms with van der Waals surface area (Å²) >= 11 is 0. The first-order valence-electron chi connectivity index (χ1n) is 4.76. The van der Waals surface area contributed by atoms with Gasteiger partial charge in [0.2, 0.25) is 0 Å². The third-order valence-electron chi connectivity index (χ3n) is 2.57. The Bertz CT molecular complexity index is 366. The number of aromatic nitrogens is 1. The predicted molar refractivity (Wildman–Crippen MR) is 52.2 cm³/mol. The first-order valence-corrected chi connectivity index (χ1v) is 4.76. The van der Waals surface area contributed by atoms with Gasteiger partial charge in [0, 0.05) is 13.1 Å². The quantitative estimate of drug-likeness (QED) is 0.795. The lowest BCUT2D eigenvalue weighted by Crippen LogP contribution is -2.23. The van der Waals surface area contributed by atoms with Crippen molar-refractivity contribution in [1.29, 1.82) is 0 Å². The molecule has 4 nitrogen and oxygen atoms in total. The van der Waals surface area contributed by atoms with Crippen molar-refractivity contribution in [2.24, 2.45) is 5.92 Å². The van der Waals surface area contributed by atoms with Gasteiger partial charge in [0.1, 0.15) is 11.6 Å². The third kappa shape index (κ3) is 2.06. The van der Waals surface area contributed by atoms with Crippen LogP contribution in [0.2, 0.25) is 0 Å². The summed E-state index contributed by atoms with van der Waals surface area (Å²) in [5.41, 5.74) is 0. The molecule has 1 aromatic rings. The minimum atomic E-state index is -0.778. The molecule has 1 fully saturated rings. The summed E-state index contributed by atoms with van der Waals surface area (Å²) in [7, 11) is 0. The maximum atomic E-state index is 12.6. The molecule has 1 aromatic heterocycles. The van der Waals surface area contributed by atoms with Crippen LogP contribution in [-0.4, -0.2) is 29.1 Å². The van der Waals surface area contributed by atoms with Crippen LogP contribution >= 0.6 is 0 Å². The topological polar surface area (TPSA) is 53.4 Å². The zero-order chi connectivity index (χ0) is 10.8. The molecule has 1 aliphatic heterocycles. The van der Waals surface area contributed by atoms with Crippen molar-refractivity contribution in [2.45, 2.75) is 6.42 Å². The van der Waals surface area contributed by atoms with Gasteiger partial charge in [0.25, 0.3) is 0 Å². The van der Waals surface area contributed by atoms with E-state index in [0.29, 0.717) is 25.3 Å². The van der Waals surface area contributed by atoms with Gasteiger partial charge < -0.3 is 10.0 Å². The van der Waals surface area contributed by atoms with E-state index in [2.05, 4.69) is 4.98 Å². The van der Waals surface area contributed by atoms with Crippen LogP contribution in [0.3, 0.4) is 0 Å². The number of carboxylic acids is 1. The minimum Gasteiger partial charge on any atom is -0.481 e. The Kier molecular flexibility index (Phi) is 2.53. The lowest BCUT2D eigenvalue weighted by atomic mass is 10.1. The fourth-order valence-electron chi connectivity index (χ4n) is 1.72. The fourth-order valence-corrected chi connectivity index (χ4v) is 1.72. The first kappa shape index (κ1) is 9.89. The molecular weight excluding hydrogens is 199 g/mol. The molecule has 0 spiro atoms. The van der Waals surface area contributed by atoms with Crippen LogP contribution < -0.4 is 4.90 Å². The number of hydrogen-bond donors (Lipinski definition) is 1. The Hall–Kier alpha value is -1.65. The number of nitrogens with zero attached hydrogens (tertiary/aromatic N) is 2. The number of aliphatic carboxylic acids is 1. The predicted octanol–water partition coefficient (Wildman–Crippen LogP) is 1.13. The number of carboxylic acid groups (broad SMARTS) is 1. The highest BCUT2D eigenvalue weighted by atomic mass is 19.1. The van der Waals surface area contributed by atoms with Crippen molar-refractivity contribution in [1.82, 2.24) is 4.98 Å². The summed E-state index contributed by atoms with van der Waals surface area (Å²) in [5.74, 6) is -0.857. The van der Waals surface area contributed by atoms with Gasteiger partial charge in [-0.25, -0.2) is 9.37 Å². The molecule has 1 aliphatic rings. The molecule has 1 N–H and O–H groups in total. The van der Waals surface area contributed by atoms with Crippen LogP contribution in [0.25, 0.3) is 0 Å². The number of anilines is 1. The Morgan fingerprint density at radius 1 is 1.60 bits per heavy atom. The van der Waals surface area contributed by atoms with Crippen molar-refractivity contribution in [3.63, 3.8) is 0 Å². The lowest BCUT2D eigenvalue weighted by Gasteiger charge is -2.16. The molecule has 1 saturated heterocycles. The Labute approximate surface area is 86.4 Å². The highest BCUT2D eigenvalue weighted by molar-refractivity contribution is 5.71. The van der Waals surface area contributed by atoms with E-state index < -0.39 is 5.97 Å². The molecule has 80 valence electrons. The second kappa shape index (κ2) is 3.84. The second-order valence-corrected chi connectivity index (χ2v) is 3.60. The summed E-state index contributed by atoms with van der Waals surface area (Å²) in [6.07, 6.45) is 1.76. The standard InChI is InChI=1S/C10H11FN2O2/c11-8-1-2-9(12-5-8)13-4-3-7(6-13)10(14)15/h1-2,5,7H,3-4,6H2,(H,14,15). The molecule has 0 bridgehead atoms. The SMILES string of the molecule is O=C(O)C1CCN(c2ccc(F)cn2)C1. The number of pyridine rings is 1. The molecular formula is C10H11FN2O2. The minimum absolute atomic E-state index is 0.336. The van der Waals surface area contributed by atoms with Crippen LogP contribution in [0.1, 0.15) is 6.42 Å². The molecule has 0 amide bonds. The highest BCUT2D eigenvalue weighted by Gasteiger charge is 2.28. The van der Waals surface area contributed by atoms with Gasteiger partial charge >= 0.3 is 5.97 Å². The highest BCUT2D eigenvalue weighted by Crippen LogP contribution is 2.21. The fraction of sp³-hybridized carbons (Fsp3) is 0.400. The molecule has 0 saturated carbocycles. The summed E-state index contributed by atoms with van der Waals surface area (Å²) in [6.45, 7) is 1.11. The molecule has 2 heterocycles. The van der Waals surface area contributed by atoms with Gasteiger partial charge in [-0.05, 0) is 18.6 Å². The average Bonchev–Trinajstić information content (AvgIpc) is 2.68. The molecule has 1 unspecified atom stereocenters. The zero-order valence-electron chi connectivity index (χ0n) is 8.06. The maximum Gasteiger partial charge on any atom is 0.308 e. The lowest BCUT2D eigenvalue weighted by molar-refractivity contribution is -0.140. The van der Waals surface area contributed by atoms with Crippen LogP contribution in [-0.2, 0) is 4.79 Å². The number of halogens is 1. The molecule has 0 aliphatic carbocycles. The first-order chi connectivity index (χ1) is 7.16. The van der Waals surface area contributed by atoms with Crippen molar-refractivity contribution in [3.05, 3.63) is 24.1 Å². The molecule has 0 aromatic carbocycles. The van der Waals surface area contributed by atoms with Crippen molar-refractivity contribution in [3.8, 4) is 0 Å². The van der Waals surface area contributed by atoms with E-state index in [9.17, 15) is 9.18 Å². The normalized spacial score (nSPS) is 20.6. The van der Waals surface area contributed by atoms with Gasteiger partial charge in [0.05, 0.1) is 12.1 Å². The number of carbonyl (C=O) groups is 1. The number of hydrogen-bond acceptors (Lipinski definition) is 3. The van der Waals surface area contributed by atoms with Gasteiger partial charge in [-0.2, -0.15) is 0 Å². The van der Waals surface area contributed by atoms with Crippen LogP contribution in [0.4, 0.5) is 10.2 Å². The van der Waals surface area contributed by atoms with Crippen molar-refractivity contribution >= 4 is 11.8 Å². The molecule has 15 heavy (non-hydrogen) atoms. The number of rotatable bonds is 2. The summed E-state index contributed by atoms with van der Waals surface area (Å²) in [5, 5.41) is 8.81. The second-order valence-electron chi connectivity index (χ2n) is 3.60. The molecule has 2 rings (SSSR count). The Morgan fingerprint density at radius 3 is 2.93 bits per heavy atom. The maximum absolute atomic E-state index is 12.6. The van der Waals surface area contributed by atoms with Gasteiger partial charge in [-0.3, -0.25) is 4.79 Å². The van der Waals surface area contributed by atoms with E-state index in [0.717, 1.165) is 6.20 Å². The van der Waals surface area contributed by atoms with E-state index in [1.54, 1.807) is 6.07 Å². The van der Waals surface area contributed by atoms with Crippen LogP contribution in [0, 0.1) is 11.7 Å². The van der Waals surface area contributed by atoms with E-state index in [4.69, 9.17) is 5.11 Å². The van der Waals surface area contributed by atoms with Crippen molar-refractivity contribution in [2.75, 3.05) is 18.0 Å². The average molecular weight is 210 g/mol.